The SMILES string of the molecule is CCCn1ccnc1C(NN)C(OC)OC. The van der Waals surface area contributed by atoms with Gasteiger partial charge in [-0.05, 0) is 6.42 Å². The summed E-state index contributed by atoms with van der Waals surface area (Å²) in [7, 11) is 3.15. The van der Waals surface area contributed by atoms with Crippen molar-refractivity contribution in [1.82, 2.24) is 15.0 Å². The molecule has 1 rings (SSSR count). The molecule has 0 aliphatic heterocycles. The Kier molecular flexibility index (Phi) is 5.41. The molecule has 0 radical (unpaired) electrons. The molecule has 6 heteroatoms. The van der Waals surface area contributed by atoms with Crippen LogP contribution in [0.2, 0.25) is 0 Å². The van der Waals surface area contributed by atoms with E-state index in [4.69, 9.17) is 15.3 Å². The van der Waals surface area contributed by atoms with E-state index >= 15 is 0 Å². The van der Waals surface area contributed by atoms with Gasteiger partial charge in [0.1, 0.15) is 11.9 Å². The van der Waals surface area contributed by atoms with Gasteiger partial charge < -0.3 is 14.0 Å². The van der Waals surface area contributed by atoms with Crippen molar-refractivity contribution in [2.75, 3.05) is 14.2 Å². The van der Waals surface area contributed by atoms with Crippen molar-refractivity contribution in [2.45, 2.75) is 32.2 Å². The normalized spacial score (nSPS) is 13.3. The number of hydrogen-bond acceptors (Lipinski definition) is 5. The summed E-state index contributed by atoms with van der Waals surface area (Å²) in [5.41, 5.74) is 2.67. The second-order valence-electron chi connectivity index (χ2n) is 3.46. The largest absolute Gasteiger partial charge is 0.354 e. The van der Waals surface area contributed by atoms with E-state index < -0.39 is 6.29 Å². The molecule has 6 nitrogen and oxygen atoms in total. The van der Waals surface area contributed by atoms with Gasteiger partial charge in [0.2, 0.25) is 0 Å². The summed E-state index contributed by atoms with van der Waals surface area (Å²) < 4.78 is 12.4. The number of methoxy groups -OCH3 is 2. The molecule has 1 atom stereocenters. The summed E-state index contributed by atoms with van der Waals surface area (Å²) in [6, 6.07) is -0.281. The lowest BCUT2D eigenvalue weighted by Crippen LogP contribution is -2.40. The van der Waals surface area contributed by atoms with Crippen LogP contribution in [0.4, 0.5) is 0 Å². The summed E-state index contributed by atoms with van der Waals surface area (Å²) >= 11 is 0. The Morgan fingerprint density at radius 1 is 1.50 bits per heavy atom. The van der Waals surface area contributed by atoms with Crippen LogP contribution in [0.15, 0.2) is 12.4 Å². The fourth-order valence-electron chi connectivity index (χ4n) is 1.67. The van der Waals surface area contributed by atoms with E-state index in [0.29, 0.717) is 0 Å². The molecule has 0 aliphatic rings. The minimum absolute atomic E-state index is 0.281. The van der Waals surface area contributed by atoms with Gasteiger partial charge in [0.25, 0.3) is 0 Å². The molecule has 92 valence electrons. The van der Waals surface area contributed by atoms with E-state index in [0.717, 1.165) is 18.8 Å². The van der Waals surface area contributed by atoms with Gasteiger partial charge in [-0.15, -0.1) is 0 Å². The zero-order valence-corrected chi connectivity index (χ0v) is 10.0. The number of rotatable bonds is 7. The molecule has 0 saturated heterocycles. The molecule has 1 aromatic heterocycles. The van der Waals surface area contributed by atoms with Crippen LogP contribution in [-0.4, -0.2) is 30.1 Å². The molecule has 1 heterocycles. The average Bonchev–Trinajstić information content (AvgIpc) is 2.74. The van der Waals surface area contributed by atoms with Crippen LogP contribution >= 0.6 is 0 Å². The molecule has 1 aromatic rings. The maximum Gasteiger partial charge on any atom is 0.180 e. The zero-order chi connectivity index (χ0) is 12.0. The Bertz CT molecular complexity index is 299. The predicted octanol–water partition coefficient (Wildman–Crippen LogP) is 0.416. The highest BCUT2D eigenvalue weighted by atomic mass is 16.7. The van der Waals surface area contributed by atoms with Crippen LogP contribution in [0.25, 0.3) is 0 Å². The Hall–Kier alpha value is -0.950. The molecule has 0 aliphatic carbocycles. The summed E-state index contributed by atoms with van der Waals surface area (Å²) in [5.74, 6) is 6.34. The fraction of sp³-hybridized carbons (Fsp3) is 0.700. The predicted molar refractivity (Wildman–Crippen MR) is 60.4 cm³/mol. The number of hydrogen-bond donors (Lipinski definition) is 2. The van der Waals surface area contributed by atoms with Crippen LogP contribution in [0.5, 0.6) is 0 Å². The highest BCUT2D eigenvalue weighted by molar-refractivity contribution is 5.00. The molecular formula is C10H20N4O2. The topological polar surface area (TPSA) is 74.3 Å². The molecular weight excluding hydrogens is 208 g/mol. The lowest BCUT2D eigenvalue weighted by Gasteiger charge is -2.24. The van der Waals surface area contributed by atoms with Gasteiger partial charge >= 0.3 is 0 Å². The quantitative estimate of drug-likeness (QED) is 0.402. The van der Waals surface area contributed by atoms with E-state index in [-0.39, 0.29) is 6.04 Å². The maximum atomic E-state index is 5.52. The first-order valence-corrected chi connectivity index (χ1v) is 5.31. The smallest absolute Gasteiger partial charge is 0.180 e. The van der Waals surface area contributed by atoms with E-state index in [1.165, 1.54) is 0 Å². The van der Waals surface area contributed by atoms with Crippen molar-refractivity contribution in [3.05, 3.63) is 18.2 Å². The number of aryl methyl sites for hydroxylation is 1. The minimum atomic E-state index is -0.456. The molecule has 16 heavy (non-hydrogen) atoms. The van der Waals surface area contributed by atoms with Crippen molar-refractivity contribution in [3.63, 3.8) is 0 Å². The van der Waals surface area contributed by atoms with Crippen LogP contribution < -0.4 is 11.3 Å². The van der Waals surface area contributed by atoms with Crippen molar-refractivity contribution in [1.29, 1.82) is 0 Å². The Balaban J connectivity index is 2.88. The van der Waals surface area contributed by atoms with Crippen LogP contribution in [0, 0.1) is 0 Å². The van der Waals surface area contributed by atoms with Crippen molar-refractivity contribution >= 4 is 0 Å². The van der Waals surface area contributed by atoms with Crippen molar-refractivity contribution in [2.24, 2.45) is 5.84 Å². The Labute approximate surface area is 95.7 Å². The van der Waals surface area contributed by atoms with E-state index in [1.807, 2.05) is 10.8 Å². The highest BCUT2D eigenvalue weighted by Crippen LogP contribution is 2.17. The number of nitrogens with two attached hydrogens (primary N) is 1. The summed E-state index contributed by atoms with van der Waals surface area (Å²) in [6.45, 7) is 3.01. The summed E-state index contributed by atoms with van der Waals surface area (Å²) in [6.07, 6.45) is 4.25. The number of nitrogens with one attached hydrogen (secondary N) is 1. The number of nitrogens with zero attached hydrogens (tertiary/aromatic N) is 2. The first-order valence-electron chi connectivity index (χ1n) is 5.31. The van der Waals surface area contributed by atoms with Crippen LogP contribution in [0.3, 0.4) is 0 Å². The first kappa shape index (κ1) is 13.1. The molecule has 1 unspecified atom stereocenters. The molecule has 0 aromatic carbocycles. The standard InChI is InChI=1S/C10H20N4O2/c1-4-6-14-7-5-12-9(14)8(13-11)10(15-2)16-3/h5,7-8,10,13H,4,6,11H2,1-3H3. The van der Waals surface area contributed by atoms with Gasteiger partial charge in [0, 0.05) is 33.2 Å². The third-order valence-electron chi connectivity index (χ3n) is 2.41. The zero-order valence-electron chi connectivity index (χ0n) is 10.0. The molecule has 0 saturated carbocycles. The monoisotopic (exact) mass is 228 g/mol. The Morgan fingerprint density at radius 3 is 2.69 bits per heavy atom. The number of ether oxygens (including phenoxy) is 2. The summed E-state index contributed by atoms with van der Waals surface area (Å²) in [4.78, 5) is 4.28. The second-order valence-corrected chi connectivity index (χ2v) is 3.46. The maximum absolute atomic E-state index is 5.52. The fourth-order valence-corrected chi connectivity index (χ4v) is 1.67. The van der Waals surface area contributed by atoms with E-state index in [2.05, 4.69) is 17.3 Å². The molecule has 0 spiro atoms. The second kappa shape index (κ2) is 6.59. The first-order chi connectivity index (χ1) is 7.78. The van der Waals surface area contributed by atoms with Gasteiger partial charge in [-0.2, -0.15) is 0 Å². The Morgan fingerprint density at radius 2 is 2.19 bits per heavy atom. The van der Waals surface area contributed by atoms with Gasteiger partial charge in [0.15, 0.2) is 6.29 Å². The summed E-state index contributed by atoms with van der Waals surface area (Å²) in [5, 5.41) is 0. The third-order valence-corrected chi connectivity index (χ3v) is 2.41. The highest BCUT2D eigenvalue weighted by Gasteiger charge is 2.25. The molecule has 0 amide bonds. The molecule has 0 fully saturated rings. The van der Waals surface area contributed by atoms with Crippen LogP contribution in [-0.2, 0) is 16.0 Å². The molecule has 0 bridgehead atoms. The van der Waals surface area contributed by atoms with Gasteiger partial charge in [-0.25, -0.2) is 10.4 Å². The average molecular weight is 228 g/mol. The number of imidazole rings is 1. The van der Waals surface area contributed by atoms with E-state index in [1.54, 1.807) is 20.4 Å². The lowest BCUT2D eigenvalue weighted by atomic mass is 10.2. The van der Waals surface area contributed by atoms with Crippen molar-refractivity contribution in [3.8, 4) is 0 Å². The van der Waals surface area contributed by atoms with Gasteiger partial charge in [0.05, 0.1) is 0 Å². The van der Waals surface area contributed by atoms with Gasteiger partial charge in [-0.3, -0.25) is 5.84 Å². The number of hydrazine groups is 1. The minimum Gasteiger partial charge on any atom is -0.354 e. The lowest BCUT2D eigenvalue weighted by molar-refractivity contribution is -0.126. The van der Waals surface area contributed by atoms with Crippen molar-refractivity contribution < 1.29 is 9.47 Å². The van der Waals surface area contributed by atoms with Crippen LogP contribution in [0.1, 0.15) is 25.2 Å². The molecule has 3 N–H and O–H groups in total. The van der Waals surface area contributed by atoms with E-state index in [9.17, 15) is 0 Å². The third kappa shape index (κ3) is 2.79. The number of aromatic nitrogens is 2. The van der Waals surface area contributed by atoms with Gasteiger partial charge in [-0.1, -0.05) is 6.92 Å².